The van der Waals surface area contributed by atoms with Gasteiger partial charge in [-0.15, -0.1) is 0 Å². The molecule has 1 aliphatic heterocycles. The number of imide groups is 2. The van der Waals surface area contributed by atoms with Crippen molar-refractivity contribution in [3.05, 3.63) is 54.1 Å². The summed E-state index contributed by atoms with van der Waals surface area (Å²) in [6.45, 7) is 1.98. The molecule has 2 aromatic rings. The van der Waals surface area contributed by atoms with Gasteiger partial charge in [0.05, 0.1) is 30.7 Å². The molecule has 4 amide bonds. The summed E-state index contributed by atoms with van der Waals surface area (Å²) in [6.07, 6.45) is 1.17. The average Bonchev–Trinajstić information content (AvgIpc) is 2.74. The second kappa shape index (κ2) is 8.99. The van der Waals surface area contributed by atoms with E-state index in [1.54, 1.807) is 31.2 Å². The first kappa shape index (κ1) is 20.7. The topological polar surface area (TPSA) is 114 Å². The highest BCUT2D eigenvalue weighted by atomic mass is 16.5. The SMILES string of the molecule is CCOC(=O)c1ccc(N=C[C@H]2C(=O)NC(=O)N(c3ccc(OC)cc3)C2=O)cc1. The van der Waals surface area contributed by atoms with Gasteiger partial charge < -0.3 is 9.47 Å². The minimum Gasteiger partial charge on any atom is -0.497 e. The molecule has 1 N–H and O–H groups in total. The normalized spacial score (nSPS) is 16.5. The van der Waals surface area contributed by atoms with Crippen molar-refractivity contribution in [2.24, 2.45) is 10.9 Å². The van der Waals surface area contributed by atoms with Crippen LogP contribution in [-0.4, -0.2) is 43.7 Å². The number of urea groups is 1. The molecule has 1 heterocycles. The molecular formula is C21H19N3O6. The van der Waals surface area contributed by atoms with E-state index in [0.717, 1.165) is 4.90 Å². The Balaban J connectivity index is 1.79. The average molecular weight is 409 g/mol. The number of rotatable bonds is 6. The van der Waals surface area contributed by atoms with Gasteiger partial charge in [-0.2, -0.15) is 0 Å². The van der Waals surface area contributed by atoms with Gasteiger partial charge in [-0.05, 0) is 55.5 Å². The van der Waals surface area contributed by atoms with Crippen molar-refractivity contribution in [1.82, 2.24) is 5.32 Å². The fourth-order valence-electron chi connectivity index (χ4n) is 2.76. The number of anilines is 1. The van der Waals surface area contributed by atoms with Crippen molar-refractivity contribution in [1.29, 1.82) is 0 Å². The maximum Gasteiger partial charge on any atom is 0.338 e. The number of esters is 1. The Kier molecular flexibility index (Phi) is 6.21. The van der Waals surface area contributed by atoms with Crippen LogP contribution in [-0.2, 0) is 14.3 Å². The van der Waals surface area contributed by atoms with Crippen LogP contribution in [0.3, 0.4) is 0 Å². The van der Waals surface area contributed by atoms with E-state index in [1.165, 1.54) is 37.6 Å². The molecule has 9 heteroatoms. The van der Waals surface area contributed by atoms with Crippen LogP contribution in [0.4, 0.5) is 16.2 Å². The molecule has 30 heavy (non-hydrogen) atoms. The van der Waals surface area contributed by atoms with Gasteiger partial charge >= 0.3 is 12.0 Å². The van der Waals surface area contributed by atoms with Gasteiger partial charge in [0.1, 0.15) is 5.75 Å². The summed E-state index contributed by atoms with van der Waals surface area (Å²) in [4.78, 5) is 53.9. The molecule has 1 atom stereocenters. The Morgan fingerprint density at radius 1 is 1.10 bits per heavy atom. The van der Waals surface area contributed by atoms with E-state index in [0.29, 0.717) is 22.7 Å². The lowest BCUT2D eigenvalue weighted by molar-refractivity contribution is -0.131. The molecule has 2 aromatic carbocycles. The number of carbonyl (C=O) groups excluding carboxylic acids is 4. The number of nitrogens with one attached hydrogen (secondary N) is 1. The van der Waals surface area contributed by atoms with Crippen molar-refractivity contribution < 1.29 is 28.7 Å². The second-order valence-electron chi connectivity index (χ2n) is 6.19. The quantitative estimate of drug-likeness (QED) is 0.445. The highest BCUT2D eigenvalue weighted by molar-refractivity contribution is 6.32. The van der Waals surface area contributed by atoms with Crippen LogP contribution >= 0.6 is 0 Å². The number of hydrogen-bond donors (Lipinski definition) is 1. The molecule has 0 aromatic heterocycles. The first-order chi connectivity index (χ1) is 14.4. The van der Waals surface area contributed by atoms with E-state index in [4.69, 9.17) is 9.47 Å². The van der Waals surface area contributed by atoms with Gasteiger partial charge in [0.2, 0.25) is 5.91 Å². The van der Waals surface area contributed by atoms with E-state index in [2.05, 4.69) is 10.3 Å². The zero-order valence-electron chi connectivity index (χ0n) is 16.3. The fraction of sp³-hybridized carbons (Fsp3) is 0.190. The summed E-state index contributed by atoms with van der Waals surface area (Å²) in [7, 11) is 1.50. The highest BCUT2D eigenvalue weighted by Crippen LogP contribution is 2.23. The molecule has 1 aliphatic rings. The number of barbiturate groups is 1. The summed E-state index contributed by atoms with van der Waals surface area (Å²) >= 11 is 0. The molecule has 9 nitrogen and oxygen atoms in total. The summed E-state index contributed by atoms with van der Waals surface area (Å²) in [5, 5.41) is 2.15. The number of hydrogen-bond acceptors (Lipinski definition) is 7. The smallest absolute Gasteiger partial charge is 0.338 e. The van der Waals surface area contributed by atoms with Crippen LogP contribution in [0, 0.1) is 5.92 Å². The number of aliphatic imine (C=N–C) groups is 1. The van der Waals surface area contributed by atoms with E-state index >= 15 is 0 Å². The maximum absolute atomic E-state index is 12.8. The molecule has 1 saturated heterocycles. The third-order valence-electron chi connectivity index (χ3n) is 4.28. The van der Waals surface area contributed by atoms with Crippen molar-refractivity contribution in [3.63, 3.8) is 0 Å². The standard InChI is InChI=1S/C21H19N3O6/c1-3-30-20(27)13-4-6-14(7-5-13)22-12-17-18(25)23-21(28)24(19(17)26)15-8-10-16(29-2)11-9-15/h4-12,17H,3H2,1-2H3,(H,23,25,28)/t17-/m0/s1. The van der Waals surface area contributed by atoms with Crippen LogP contribution < -0.4 is 15.0 Å². The van der Waals surface area contributed by atoms with Crippen molar-refractivity contribution in [3.8, 4) is 5.75 Å². The molecule has 1 fully saturated rings. The number of amides is 4. The van der Waals surface area contributed by atoms with Crippen LogP contribution in [0.5, 0.6) is 5.75 Å². The van der Waals surface area contributed by atoms with Gasteiger partial charge in [0.15, 0.2) is 5.92 Å². The van der Waals surface area contributed by atoms with Gasteiger partial charge in [-0.25, -0.2) is 14.5 Å². The zero-order valence-corrected chi connectivity index (χ0v) is 16.3. The van der Waals surface area contributed by atoms with Gasteiger partial charge in [-0.3, -0.25) is 19.9 Å². The number of benzene rings is 2. The van der Waals surface area contributed by atoms with Crippen LogP contribution in [0.15, 0.2) is 53.5 Å². The van der Waals surface area contributed by atoms with Gasteiger partial charge in [-0.1, -0.05) is 0 Å². The van der Waals surface area contributed by atoms with E-state index in [-0.39, 0.29) is 6.61 Å². The number of carbonyl (C=O) groups is 4. The van der Waals surface area contributed by atoms with Crippen molar-refractivity contribution >= 4 is 41.4 Å². The summed E-state index contributed by atoms with van der Waals surface area (Å²) in [5.41, 5.74) is 1.08. The number of methoxy groups -OCH3 is 1. The first-order valence-corrected chi connectivity index (χ1v) is 9.08. The summed E-state index contributed by atoms with van der Waals surface area (Å²) < 4.78 is 9.97. The minimum absolute atomic E-state index is 0.265. The Morgan fingerprint density at radius 3 is 2.37 bits per heavy atom. The molecule has 0 saturated carbocycles. The lowest BCUT2D eigenvalue weighted by Gasteiger charge is -2.28. The Morgan fingerprint density at radius 2 is 1.77 bits per heavy atom. The zero-order chi connectivity index (χ0) is 21.7. The maximum atomic E-state index is 12.8. The lowest BCUT2D eigenvalue weighted by atomic mass is 10.1. The van der Waals surface area contributed by atoms with E-state index in [1.807, 2.05) is 0 Å². The molecule has 0 radical (unpaired) electrons. The molecule has 0 spiro atoms. The van der Waals surface area contributed by atoms with Gasteiger partial charge in [0.25, 0.3) is 5.91 Å². The van der Waals surface area contributed by atoms with Gasteiger partial charge in [0, 0.05) is 6.21 Å². The molecule has 154 valence electrons. The third-order valence-corrected chi connectivity index (χ3v) is 4.28. The monoisotopic (exact) mass is 409 g/mol. The molecule has 0 unspecified atom stereocenters. The molecular weight excluding hydrogens is 390 g/mol. The number of nitrogens with zero attached hydrogens (tertiary/aromatic N) is 2. The summed E-state index contributed by atoms with van der Waals surface area (Å²) in [6, 6.07) is 11.6. The Labute approximate surface area is 172 Å². The van der Waals surface area contributed by atoms with Crippen molar-refractivity contribution in [2.75, 3.05) is 18.6 Å². The Hall–Kier alpha value is -4.01. The molecule has 0 aliphatic carbocycles. The highest BCUT2D eigenvalue weighted by Gasteiger charge is 2.40. The van der Waals surface area contributed by atoms with Crippen LogP contribution in [0.2, 0.25) is 0 Å². The predicted octanol–water partition coefficient (Wildman–Crippen LogP) is 2.47. The lowest BCUT2D eigenvalue weighted by Crippen LogP contribution is -2.58. The number of ether oxygens (including phenoxy) is 2. The minimum atomic E-state index is -1.28. The molecule has 0 bridgehead atoms. The van der Waals surface area contributed by atoms with E-state index < -0.39 is 29.7 Å². The second-order valence-corrected chi connectivity index (χ2v) is 6.19. The first-order valence-electron chi connectivity index (χ1n) is 9.08. The van der Waals surface area contributed by atoms with Crippen LogP contribution in [0.25, 0.3) is 0 Å². The Bertz CT molecular complexity index is 998. The van der Waals surface area contributed by atoms with E-state index in [9.17, 15) is 19.2 Å². The largest absolute Gasteiger partial charge is 0.497 e. The molecule has 3 rings (SSSR count). The predicted molar refractivity (Wildman–Crippen MR) is 108 cm³/mol. The third kappa shape index (κ3) is 4.35. The fourth-order valence-corrected chi connectivity index (χ4v) is 2.76. The van der Waals surface area contributed by atoms with Crippen LogP contribution in [0.1, 0.15) is 17.3 Å². The summed E-state index contributed by atoms with van der Waals surface area (Å²) in [5.74, 6) is -2.66. The van der Waals surface area contributed by atoms with Crippen molar-refractivity contribution in [2.45, 2.75) is 6.92 Å².